The van der Waals surface area contributed by atoms with Crippen molar-refractivity contribution in [2.24, 2.45) is 0 Å². The van der Waals surface area contributed by atoms with Crippen LogP contribution in [0, 0.1) is 0 Å². The molecule has 4 aromatic rings. The number of benzene rings is 3. The second-order valence-corrected chi connectivity index (χ2v) is 8.56. The molecule has 0 unspecified atom stereocenters. The van der Waals surface area contributed by atoms with Crippen molar-refractivity contribution in [2.75, 3.05) is 6.61 Å². The molecule has 9 nitrogen and oxygen atoms in total. The van der Waals surface area contributed by atoms with Crippen LogP contribution in [0.5, 0.6) is 28.7 Å². The number of phenols is 5. The van der Waals surface area contributed by atoms with E-state index in [4.69, 9.17) is 9.15 Å². The first kappa shape index (κ1) is 25.9. The van der Waals surface area contributed by atoms with Gasteiger partial charge in [0.15, 0.2) is 5.43 Å². The standard InChI is InChI=1S/C29H24O9/c1-16(15-37-27(35)11-5-17-3-6-18(30)7-4-17)2-9-21-23(33)13-26-28(29(21)36)24(34)14-25(38-26)20-10-8-19(31)12-22(20)32/h2-8,10-14,30-33,36H,9,15H2,1H3/b11-5+,16-2+. The predicted octanol–water partition coefficient (Wildman–Crippen LogP) is 4.73. The summed E-state index contributed by atoms with van der Waals surface area (Å²) in [5, 5.41) is 50.0. The predicted molar refractivity (Wildman–Crippen MR) is 140 cm³/mol. The highest BCUT2D eigenvalue weighted by Gasteiger charge is 2.18. The Morgan fingerprint density at radius 2 is 1.63 bits per heavy atom. The van der Waals surface area contributed by atoms with Gasteiger partial charge in [-0.1, -0.05) is 18.2 Å². The summed E-state index contributed by atoms with van der Waals surface area (Å²) in [5.74, 6) is -1.71. The van der Waals surface area contributed by atoms with Gasteiger partial charge in [0.2, 0.25) is 0 Å². The van der Waals surface area contributed by atoms with E-state index in [1.807, 2.05) is 0 Å². The summed E-state index contributed by atoms with van der Waals surface area (Å²) < 4.78 is 10.9. The highest BCUT2D eigenvalue weighted by Crippen LogP contribution is 2.38. The number of aromatic hydroxyl groups is 5. The van der Waals surface area contributed by atoms with Gasteiger partial charge in [-0.05, 0) is 54.8 Å². The van der Waals surface area contributed by atoms with E-state index in [1.165, 1.54) is 36.4 Å². The Bertz CT molecular complexity index is 1630. The Morgan fingerprint density at radius 1 is 0.921 bits per heavy atom. The number of ether oxygens (including phenoxy) is 1. The third-order valence-electron chi connectivity index (χ3n) is 5.72. The Labute approximate surface area is 216 Å². The van der Waals surface area contributed by atoms with Crippen molar-refractivity contribution in [2.45, 2.75) is 13.3 Å². The van der Waals surface area contributed by atoms with Crippen molar-refractivity contribution in [3.05, 3.63) is 93.7 Å². The first-order valence-electron chi connectivity index (χ1n) is 11.5. The van der Waals surface area contributed by atoms with Gasteiger partial charge in [-0.25, -0.2) is 4.79 Å². The van der Waals surface area contributed by atoms with Gasteiger partial charge in [0.25, 0.3) is 0 Å². The van der Waals surface area contributed by atoms with Gasteiger partial charge in [0.1, 0.15) is 52.1 Å². The van der Waals surface area contributed by atoms with Crippen LogP contribution < -0.4 is 5.43 Å². The lowest BCUT2D eigenvalue weighted by molar-refractivity contribution is -0.136. The summed E-state index contributed by atoms with van der Waals surface area (Å²) in [6, 6.07) is 12.4. The number of phenolic OH excluding ortho intramolecular Hbond substituents is 5. The Hall–Kier alpha value is -5.18. The molecule has 1 heterocycles. The molecule has 0 radical (unpaired) electrons. The quantitative estimate of drug-likeness (QED) is 0.133. The van der Waals surface area contributed by atoms with E-state index in [0.29, 0.717) is 11.1 Å². The van der Waals surface area contributed by atoms with E-state index in [0.717, 1.165) is 12.1 Å². The third kappa shape index (κ3) is 5.79. The smallest absolute Gasteiger partial charge is 0.331 e. The van der Waals surface area contributed by atoms with Crippen LogP contribution in [0.4, 0.5) is 0 Å². The first-order chi connectivity index (χ1) is 18.1. The van der Waals surface area contributed by atoms with E-state index in [9.17, 15) is 35.1 Å². The molecule has 0 spiro atoms. The Morgan fingerprint density at radius 3 is 2.34 bits per heavy atom. The van der Waals surface area contributed by atoms with Gasteiger partial charge in [0.05, 0.1) is 5.56 Å². The molecule has 4 rings (SSSR count). The third-order valence-corrected chi connectivity index (χ3v) is 5.72. The molecular formula is C29H24O9. The van der Waals surface area contributed by atoms with Crippen LogP contribution >= 0.6 is 0 Å². The zero-order valence-electron chi connectivity index (χ0n) is 20.2. The van der Waals surface area contributed by atoms with Gasteiger partial charge in [-0.2, -0.15) is 0 Å². The zero-order chi connectivity index (χ0) is 27.4. The highest BCUT2D eigenvalue weighted by molar-refractivity contribution is 5.88. The molecule has 1 aromatic heterocycles. The number of allylic oxidation sites excluding steroid dienone is 1. The van der Waals surface area contributed by atoms with Gasteiger partial charge >= 0.3 is 5.97 Å². The normalized spacial score (nSPS) is 11.8. The van der Waals surface area contributed by atoms with Crippen LogP contribution in [0.25, 0.3) is 28.4 Å². The summed E-state index contributed by atoms with van der Waals surface area (Å²) >= 11 is 0. The Balaban J connectivity index is 1.49. The SMILES string of the molecule is C/C(=C\Cc1c(O)cc2oc(-c3ccc(O)cc3O)cc(=O)c2c1O)COC(=O)/C=C/c1ccc(O)cc1. The minimum atomic E-state index is -0.595. The molecule has 9 heteroatoms. The molecule has 3 aromatic carbocycles. The lowest BCUT2D eigenvalue weighted by atomic mass is 10.0. The van der Waals surface area contributed by atoms with Crippen LogP contribution in [-0.2, 0) is 16.0 Å². The second-order valence-electron chi connectivity index (χ2n) is 8.56. The second kappa shape index (κ2) is 10.8. The molecule has 38 heavy (non-hydrogen) atoms. The molecule has 0 bridgehead atoms. The topological polar surface area (TPSA) is 158 Å². The molecule has 0 fully saturated rings. The number of hydrogen-bond donors (Lipinski definition) is 5. The molecule has 0 saturated heterocycles. The fraction of sp³-hybridized carbons (Fsp3) is 0.103. The fourth-order valence-corrected chi connectivity index (χ4v) is 3.71. The van der Waals surface area contributed by atoms with E-state index in [2.05, 4.69) is 0 Å². The summed E-state index contributed by atoms with van der Waals surface area (Å²) in [7, 11) is 0. The lowest BCUT2D eigenvalue weighted by Gasteiger charge is -2.11. The zero-order valence-corrected chi connectivity index (χ0v) is 20.2. The molecule has 5 N–H and O–H groups in total. The molecule has 0 aliphatic heterocycles. The molecule has 0 aliphatic carbocycles. The van der Waals surface area contributed by atoms with E-state index >= 15 is 0 Å². The van der Waals surface area contributed by atoms with E-state index in [-0.39, 0.29) is 63.9 Å². The van der Waals surface area contributed by atoms with Crippen LogP contribution in [0.1, 0.15) is 18.1 Å². The van der Waals surface area contributed by atoms with Crippen LogP contribution in [0.2, 0.25) is 0 Å². The van der Waals surface area contributed by atoms with Crippen molar-refractivity contribution >= 4 is 23.0 Å². The molecule has 0 saturated carbocycles. The first-order valence-corrected chi connectivity index (χ1v) is 11.5. The number of fused-ring (bicyclic) bond motifs is 1. The van der Waals surface area contributed by atoms with Crippen molar-refractivity contribution in [1.82, 2.24) is 0 Å². The van der Waals surface area contributed by atoms with Crippen molar-refractivity contribution in [3.8, 4) is 40.1 Å². The summed E-state index contributed by atoms with van der Waals surface area (Å²) in [6.07, 6.45) is 4.49. The number of esters is 1. The van der Waals surface area contributed by atoms with Gasteiger partial charge in [-0.3, -0.25) is 4.79 Å². The molecule has 0 atom stereocenters. The number of carbonyl (C=O) groups is 1. The average molecular weight is 517 g/mol. The van der Waals surface area contributed by atoms with E-state index < -0.39 is 17.1 Å². The van der Waals surface area contributed by atoms with Gasteiger partial charge in [-0.15, -0.1) is 0 Å². The molecular weight excluding hydrogens is 492 g/mol. The molecule has 0 aliphatic rings. The summed E-state index contributed by atoms with van der Waals surface area (Å²) in [6.45, 7) is 1.67. The van der Waals surface area contributed by atoms with E-state index in [1.54, 1.807) is 31.2 Å². The lowest BCUT2D eigenvalue weighted by Crippen LogP contribution is -2.04. The Kier molecular flexibility index (Phi) is 7.38. The van der Waals surface area contributed by atoms with Crippen molar-refractivity contribution in [3.63, 3.8) is 0 Å². The van der Waals surface area contributed by atoms with Gasteiger partial charge < -0.3 is 34.7 Å². The van der Waals surface area contributed by atoms with Crippen molar-refractivity contribution in [1.29, 1.82) is 0 Å². The average Bonchev–Trinajstić information content (AvgIpc) is 2.86. The van der Waals surface area contributed by atoms with Gasteiger partial charge in [0, 0.05) is 29.8 Å². The number of hydrogen-bond acceptors (Lipinski definition) is 9. The van der Waals surface area contributed by atoms with Crippen LogP contribution in [0.15, 0.2) is 81.5 Å². The molecule has 0 amide bonds. The van der Waals surface area contributed by atoms with Crippen LogP contribution in [0.3, 0.4) is 0 Å². The molecule has 194 valence electrons. The maximum Gasteiger partial charge on any atom is 0.331 e. The minimum absolute atomic E-state index is 0.0106. The van der Waals surface area contributed by atoms with Crippen LogP contribution in [-0.4, -0.2) is 38.1 Å². The number of carbonyl (C=O) groups excluding carboxylic acids is 1. The van der Waals surface area contributed by atoms with Crippen molar-refractivity contribution < 1.29 is 39.5 Å². The maximum atomic E-state index is 12.8. The highest BCUT2D eigenvalue weighted by atomic mass is 16.5. The monoisotopic (exact) mass is 516 g/mol. The summed E-state index contributed by atoms with van der Waals surface area (Å²) in [4.78, 5) is 24.8. The largest absolute Gasteiger partial charge is 0.508 e. The maximum absolute atomic E-state index is 12.8. The number of rotatable bonds is 7. The fourth-order valence-electron chi connectivity index (χ4n) is 3.71. The minimum Gasteiger partial charge on any atom is -0.508 e. The summed E-state index contributed by atoms with van der Waals surface area (Å²) in [5.41, 5.74) is 0.904.